The number of thiol groups is 1. The average molecular weight is 322 g/mol. The quantitative estimate of drug-likeness (QED) is 0.320. The van der Waals surface area contributed by atoms with Crippen molar-refractivity contribution in [2.75, 3.05) is 12.4 Å². The van der Waals surface area contributed by atoms with Gasteiger partial charge in [0.15, 0.2) is 5.12 Å². The number of rotatable bonds is 8. The predicted molar refractivity (Wildman–Crippen MR) is 85.7 cm³/mol. The van der Waals surface area contributed by atoms with Gasteiger partial charge in [-0.3, -0.25) is 9.59 Å². The predicted octanol–water partition coefficient (Wildman–Crippen LogP) is 1.97. The zero-order valence-corrected chi connectivity index (χ0v) is 13.8. The van der Waals surface area contributed by atoms with E-state index in [-0.39, 0.29) is 23.1 Å². The first kappa shape index (κ1) is 17.5. The molecule has 0 aromatic carbocycles. The summed E-state index contributed by atoms with van der Waals surface area (Å²) < 4.78 is 11.2. The summed E-state index contributed by atoms with van der Waals surface area (Å²) in [5.74, 6) is 0.952. The van der Waals surface area contributed by atoms with E-state index in [1.165, 1.54) is 11.8 Å². The molecule has 8 heteroatoms. The van der Waals surface area contributed by atoms with Crippen molar-refractivity contribution in [2.24, 2.45) is 0 Å². The fourth-order valence-electron chi connectivity index (χ4n) is 1.99. The Morgan fingerprint density at radius 2 is 2.32 bits per heavy atom. The van der Waals surface area contributed by atoms with Crippen LogP contribution in [0, 0.1) is 0 Å². The Morgan fingerprint density at radius 1 is 1.58 bits per heavy atom. The molecule has 1 aliphatic heterocycles. The van der Waals surface area contributed by atoms with Crippen LogP contribution in [0.2, 0.25) is 0 Å². The molecule has 1 unspecified atom stereocenters. The Balaban J connectivity index is 2.31. The maximum absolute atomic E-state index is 11.7. The van der Waals surface area contributed by atoms with Crippen molar-refractivity contribution in [2.45, 2.75) is 44.8 Å². The molecule has 0 aromatic rings. The molecule has 1 heterocycles. The number of hydrogen-bond donors (Lipinski definition) is 1. The highest BCUT2D eigenvalue weighted by atomic mass is 32.7. The van der Waals surface area contributed by atoms with Gasteiger partial charge >= 0.3 is 7.20 Å². The third kappa shape index (κ3) is 7.71. The van der Waals surface area contributed by atoms with Gasteiger partial charge in [0.25, 0.3) is 0 Å². The Bertz CT molecular complexity index is 306. The second-order valence-corrected chi connectivity index (χ2v) is 7.21. The summed E-state index contributed by atoms with van der Waals surface area (Å²) in [4.78, 5) is 23.2. The van der Waals surface area contributed by atoms with Crippen LogP contribution in [0.3, 0.4) is 0 Å². The Kier molecular flexibility index (Phi) is 9.42. The monoisotopic (exact) mass is 322 g/mol. The summed E-state index contributed by atoms with van der Waals surface area (Å²) in [6.45, 7) is 2.52. The lowest BCUT2D eigenvalue weighted by molar-refractivity contribution is -0.138. The van der Waals surface area contributed by atoms with E-state index in [1.54, 1.807) is 0 Å². The highest BCUT2D eigenvalue weighted by Crippen LogP contribution is 2.23. The van der Waals surface area contributed by atoms with Crippen molar-refractivity contribution >= 4 is 49.8 Å². The van der Waals surface area contributed by atoms with E-state index in [9.17, 15) is 9.59 Å². The van der Waals surface area contributed by atoms with Crippen LogP contribution in [-0.4, -0.2) is 42.7 Å². The van der Waals surface area contributed by atoms with E-state index >= 15 is 0 Å². The molecule has 1 saturated heterocycles. The van der Waals surface area contributed by atoms with Gasteiger partial charge in [-0.15, -0.1) is 0 Å². The van der Waals surface area contributed by atoms with Gasteiger partial charge < -0.3 is 9.39 Å². The molecule has 0 radical (unpaired) electrons. The average Bonchev–Trinajstić information content (AvgIpc) is 2.34. The van der Waals surface area contributed by atoms with Crippen molar-refractivity contribution in [3.05, 3.63) is 0 Å². The van der Waals surface area contributed by atoms with E-state index < -0.39 is 0 Å². The lowest BCUT2D eigenvalue weighted by Crippen LogP contribution is -2.35. The van der Waals surface area contributed by atoms with Gasteiger partial charge in [-0.05, 0) is 12.2 Å². The highest BCUT2D eigenvalue weighted by molar-refractivity contribution is 8.46. The number of carbonyl (C=O) groups excluding carboxylic acids is 2. The maximum Gasteiger partial charge on any atom is 0.310 e. The van der Waals surface area contributed by atoms with Crippen molar-refractivity contribution in [3.63, 3.8) is 0 Å². The largest absolute Gasteiger partial charge is 0.434 e. The van der Waals surface area contributed by atoms with Gasteiger partial charge in [0.1, 0.15) is 5.78 Å². The minimum Gasteiger partial charge on any atom is -0.434 e. The van der Waals surface area contributed by atoms with Gasteiger partial charge in [-0.2, -0.15) is 12.2 Å². The SMILES string of the molecule is CCSC(=O)C[C@H]1CC(=O)C[C@H](CCOBPS)O1. The number of ketones is 1. The summed E-state index contributed by atoms with van der Waals surface area (Å²) in [5.41, 5.74) is 0. The molecule has 3 atom stereocenters. The van der Waals surface area contributed by atoms with Gasteiger partial charge in [0.2, 0.25) is 0 Å². The van der Waals surface area contributed by atoms with Crippen molar-refractivity contribution in [1.29, 1.82) is 0 Å². The summed E-state index contributed by atoms with van der Waals surface area (Å²) in [5, 5.41) is 0.105. The number of Topliss-reactive ketones (excluding diaryl/α,β-unsaturated/α-hetero) is 1. The van der Waals surface area contributed by atoms with Crippen LogP contribution >= 0.6 is 31.7 Å². The van der Waals surface area contributed by atoms with E-state index in [0.717, 1.165) is 5.75 Å². The highest BCUT2D eigenvalue weighted by Gasteiger charge is 2.29. The standard InChI is InChI=1S/C11H20BO4PS2/c1-2-19-11(14)7-10-6-8(13)5-9(16-10)3-4-15-12-17-18/h9-10,12,17-18H,2-7H2,1H3/t9-,10+/m0/s1. The first-order chi connectivity index (χ1) is 9.15. The van der Waals surface area contributed by atoms with E-state index in [0.29, 0.717) is 47.2 Å². The number of ether oxygens (including phenoxy) is 1. The molecule has 0 aliphatic carbocycles. The molecule has 1 fully saturated rings. The van der Waals surface area contributed by atoms with Crippen LogP contribution in [0.1, 0.15) is 32.6 Å². The Labute approximate surface area is 126 Å². The van der Waals surface area contributed by atoms with Gasteiger partial charge in [0.05, 0.1) is 12.2 Å². The minimum absolute atomic E-state index is 0.103. The second-order valence-electron chi connectivity index (χ2n) is 4.34. The normalized spacial score (nSPS) is 24.0. The molecule has 0 spiro atoms. The second kappa shape index (κ2) is 10.2. The number of hydrogen-bond acceptors (Lipinski definition) is 6. The molecule has 19 heavy (non-hydrogen) atoms. The van der Waals surface area contributed by atoms with Gasteiger partial charge in [-0.1, -0.05) is 26.3 Å². The molecule has 1 rings (SSSR count). The fourth-order valence-corrected chi connectivity index (χ4v) is 3.12. The number of carbonyl (C=O) groups is 2. The minimum atomic E-state index is -0.246. The lowest BCUT2D eigenvalue weighted by atomic mass is 9.99. The fraction of sp³-hybridized carbons (Fsp3) is 0.818. The van der Waals surface area contributed by atoms with Crippen LogP contribution in [0.4, 0.5) is 0 Å². The first-order valence-corrected chi connectivity index (χ1v) is 9.91. The molecule has 4 nitrogen and oxygen atoms in total. The molecule has 1 aliphatic rings. The first-order valence-electron chi connectivity index (χ1n) is 6.43. The maximum atomic E-state index is 11.7. The third-order valence-electron chi connectivity index (χ3n) is 2.75. The molecule has 0 amide bonds. The topological polar surface area (TPSA) is 52.6 Å². The van der Waals surface area contributed by atoms with E-state index in [1.807, 2.05) is 6.92 Å². The van der Waals surface area contributed by atoms with Crippen LogP contribution in [0.15, 0.2) is 0 Å². The number of thioether (sulfide) groups is 1. The summed E-state index contributed by atoms with van der Waals surface area (Å²) >= 11 is 5.37. The smallest absolute Gasteiger partial charge is 0.310 e. The zero-order chi connectivity index (χ0) is 14.1. The van der Waals surface area contributed by atoms with Gasteiger partial charge in [0, 0.05) is 25.9 Å². The molecule has 0 N–H and O–H groups in total. The van der Waals surface area contributed by atoms with Gasteiger partial charge in [-0.25, -0.2) is 0 Å². The van der Waals surface area contributed by atoms with Crippen molar-refractivity contribution < 1.29 is 19.0 Å². The van der Waals surface area contributed by atoms with Crippen LogP contribution in [0.5, 0.6) is 0 Å². The van der Waals surface area contributed by atoms with E-state index in [4.69, 9.17) is 9.39 Å². The zero-order valence-electron chi connectivity index (χ0n) is 11.1. The summed E-state index contributed by atoms with van der Waals surface area (Å²) in [7, 11) is 1.12. The molecule has 108 valence electrons. The lowest BCUT2D eigenvalue weighted by Gasteiger charge is -2.28. The van der Waals surface area contributed by atoms with Crippen LogP contribution in [0.25, 0.3) is 0 Å². The van der Waals surface area contributed by atoms with Crippen molar-refractivity contribution in [1.82, 2.24) is 0 Å². The summed E-state index contributed by atoms with van der Waals surface area (Å²) in [6.07, 6.45) is 1.50. The Hall–Kier alpha value is 0.455. The molecular weight excluding hydrogens is 302 g/mol. The van der Waals surface area contributed by atoms with Crippen LogP contribution in [-0.2, 0) is 19.0 Å². The molecular formula is C11H20BO4PS2. The summed E-state index contributed by atoms with van der Waals surface area (Å²) in [6, 6.07) is 0. The Morgan fingerprint density at radius 3 is 3.00 bits per heavy atom. The molecule has 0 aromatic heterocycles. The van der Waals surface area contributed by atoms with Crippen molar-refractivity contribution in [3.8, 4) is 0 Å². The molecule has 0 saturated carbocycles. The van der Waals surface area contributed by atoms with E-state index in [2.05, 4.69) is 12.2 Å². The van der Waals surface area contributed by atoms with Crippen LogP contribution < -0.4 is 0 Å². The molecule has 0 bridgehead atoms. The third-order valence-corrected chi connectivity index (χ3v) is 4.24.